The van der Waals surface area contributed by atoms with Gasteiger partial charge in [0.2, 0.25) is 0 Å². The van der Waals surface area contributed by atoms with Crippen LogP contribution in [0.5, 0.6) is 0 Å². The van der Waals surface area contributed by atoms with Gasteiger partial charge in [0.25, 0.3) is 0 Å². The van der Waals surface area contributed by atoms with Crippen molar-refractivity contribution in [1.29, 1.82) is 0 Å². The normalized spacial score (nSPS) is 9.00. The van der Waals surface area contributed by atoms with Gasteiger partial charge in [-0.1, -0.05) is 0 Å². The summed E-state index contributed by atoms with van der Waals surface area (Å²) in [5, 5.41) is 0. The first-order chi connectivity index (χ1) is 3.27. The van der Waals surface area contributed by atoms with Crippen molar-refractivity contribution in [3.63, 3.8) is 0 Å². The topological polar surface area (TPSA) is 0 Å². The zero-order valence-corrected chi connectivity index (χ0v) is 8.37. The van der Waals surface area contributed by atoms with E-state index in [0.29, 0.717) is 0 Å². The summed E-state index contributed by atoms with van der Waals surface area (Å²) in [6.07, 6.45) is 0.827. The van der Waals surface area contributed by atoms with Gasteiger partial charge < -0.3 is 0 Å². The Bertz CT molecular complexity index is 37.1. The number of halogens is 1. The van der Waals surface area contributed by atoms with E-state index in [-0.39, 0.29) is 6.67 Å². The van der Waals surface area contributed by atoms with Crippen LogP contribution in [0, 0.1) is 0 Å². The Hall–Kier alpha value is 0.800. The van der Waals surface area contributed by atoms with Crippen LogP contribution in [-0.2, 0) is 0 Å². The van der Waals surface area contributed by atoms with Crippen molar-refractivity contribution in [1.82, 2.24) is 0 Å². The number of hydrogen-bond donors (Lipinski definition) is 0. The van der Waals surface area contributed by atoms with Gasteiger partial charge in [0.1, 0.15) is 0 Å². The first-order valence-corrected chi connectivity index (χ1v) is 11.8. The molecule has 0 nitrogen and oxygen atoms in total. The van der Waals surface area contributed by atoms with Crippen molar-refractivity contribution in [3.8, 4) is 0 Å². The summed E-state index contributed by atoms with van der Waals surface area (Å²) in [5.41, 5.74) is 0. The summed E-state index contributed by atoms with van der Waals surface area (Å²) in [6.45, 7) is -0.102. The first kappa shape index (κ1) is 7.80. The molecule has 0 aliphatic rings. The van der Waals surface area contributed by atoms with Crippen LogP contribution in [0.15, 0.2) is 0 Å². The van der Waals surface area contributed by atoms with Gasteiger partial charge in [-0.2, -0.15) is 0 Å². The molecule has 2 heteroatoms. The zero-order chi connectivity index (χ0) is 5.70. The fourth-order valence-corrected chi connectivity index (χ4v) is 3.26. The van der Waals surface area contributed by atoms with Crippen molar-refractivity contribution in [2.75, 3.05) is 6.67 Å². The van der Waals surface area contributed by atoms with Crippen LogP contribution in [0.1, 0.15) is 6.42 Å². The van der Waals surface area contributed by atoms with E-state index in [4.69, 9.17) is 0 Å². The monoisotopic (exact) mass is 206 g/mol. The number of rotatable bonds is 3. The molecule has 0 aromatic carbocycles. The van der Waals surface area contributed by atoms with Gasteiger partial charge >= 0.3 is 52.5 Å². The van der Waals surface area contributed by atoms with Crippen LogP contribution in [0.2, 0.25) is 13.5 Å². The molecule has 0 amide bonds. The Morgan fingerprint density at radius 1 is 1.43 bits per heavy atom. The Labute approximate surface area is 52.6 Å². The molecule has 0 aromatic rings. The molecule has 0 aliphatic carbocycles. The molecule has 0 N–H and O–H groups in total. The Morgan fingerprint density at radius 3 is 2.14 bits per heavy atom. The minimum atomic E-state index is -0.987. The third-order valence-electron chi connectivity index (χ3n) is 0.915. The first-order valence-electron chi connectivity index (χ1n) is 2.83. The van der Waals surface area contributed by atoms with Crippen LogP contribution in [0.4, 0.5) is 4.39 Å². The zero-order valence-electron chi connectivity index (χ0n) is 5.08. The van der Waals surface area contributed by atoms with E-state index in [0.717, 1.165) is 6.42 Å². The van der Waals surface area contributed by atoms with Gasteiger partial charge in [0.15, 0.2) is 0 Å². The van der Waals surface area contributed by atoms with Crippen molar-refractivity contribution in [2.24, 2.45) is 0 Å². The van der Waals surface area contributed by atoms with Gasteiger partial charge in [0.05, 0.1) is 0 Å². The SMILES string of the molecule is [CH3][In]([CH3])[CH2]CCF. The summed E-state index contributed by atoms with van der Waals surface area (Å²) in [4.78, 5) is 0. The Kier molecular flexibility index (Phi) is 5.51. The molecule has 7 heavy (non-hydrogen) atoms. The fourth-order valence-electron chi connectivity index (χ4n) is 0.485. The van der Waals surface area contributed by atoms with E-state index in [1.165, 1.54) is 4.18 Å². The molecule has 0 aliphatic heterocycles. The fraction of sp³-hybridized carbons (Fsp3) is 1.00. The van der Waals surface area contributed by atoms with Gasteiger partial charge in [-0.05, 0) is 0 Å². The van der Waals surface area contributed by atoms with E-state index in [1.54, 1.807) is 0 Å². The van der Waals surface area contributed by atoms with Crippen LogP contribution in [0.25, 0.3) is 0 Å². The minimum absolute atomic E-state index is 0.102. The second-order valence-electron chi connectivity index (χ2n) is 2.23. The molecule has 0 heterocycles. The molecular weight excluding hydrogens is 194 g/mol. The molecule has 0 spiro atoms. The third-order valence-corrected chi connectivity index (χ3v) is 5.38. The molecule has 0 fully saturated rings. The molecule has 0 saturated heterocycles. The predicted molar refractivity (Wildman–Crippen MR) is 32.9 cm³/mol. The molecular formula is C5H12FIn. The third kappa shape index (κ3) is 6.80. The van der Waals surface area contributed by atoms with Crippen molar-refractivity contribution < 1.29 is 4.39 Å². The maximum absolute atomic E-state index is 11.4. The summed E-state index contributed by atoms with van der Waals surface area (Å²) >= 11 is -0.987. The molecule has 0 bridgehead atoms. The second-order valence-corrected chi connectivity index (χ2v) is 11.8. The van der Waals surface area contributed by atoms with Gasteiger partial charge in [-0.25, -0.2) is 0 Å². The Balaban J connectivity index is 2.68. The van der Waals surface area contributed by atoms with E-state index in [9.17, 15) is 4.39 Å². The van der Waals surface area contributed by atoms with E-state index < -0.39 is 21.4 Å². The summed E-state index contributed by atoms with van der Waals surface area (Å²) in [6, 6.07) is 0. The average Bonchev–Trinajstić information content (AvgIpc) is 1.61. The molecule has 0 aromatic heterocycles. The van der Waals surface area contributed by atoms with E-state index in [2.05, 4.69) is 9.36 Å². The van der Waals surface area contributed by atoms with Crippen LogP contribution < -0.4 is 0 Å². The van der Waals surface area contributed by atoms with Crippen LogP contribution in [0.3, 0.4) is 0 Å². The molecule has 0 saturated carbocycles. The molecule has 0 atom stereocenters. The molecule has 0 radical (unpaired) electrons. The summed E-state index contributed by atoms with van der Waals surface area (Å²) in [7, 11) is 0. The van der Waals surface area contributed by atoms with E-state index in [1.807, 2.05) is 0 Å². The van der Waals surface area contributed by atoms with E-state index >= 15 is 0 Å². The maximum atomic E-state index is 11.4. The Morgan fingerprint density at radius 2 is 2.00 bits per heavy atom. The predicted octanol–water partition coefficient (Wildman–Crippen LogP) is 2.10. The van der Waals surface area contributed by atoms with Crippen LogP contribution in [-0.4, -0.2) is 28.1 Å². The summed E-state index contributed by atoms with van der Waals surface area (Å²) < 4.78 is 17.3. The van der Waals surface area contributed by atoms with Crippen molar-refractivity contribution >= 4 is 21.4 Å². The number of alkyl halides is 1. The second kappa shape index (κ2) is 4.95. The molecule has 0 unspecified atom stereocenters. The molecule has 0 rings (SSSR count). The van der Waals surface area contributed by atoms with Gasteiger partial charge in [-0.15, -0.1) is 0 Å². The van der Waals surface area contributed by atoms with Crippen molar-refractivity contribution in [2.45, 2.75) is 20.0 Å². The van der Waals surface area contributed by atoms with Gasteiger partial charge in [-0.3, -0.25) is 0 Å². The number of hydrogen-bond acceptors (Lipinski definition) is 0. The summed E-state index contributed by atoms with van der Waals surface area (Å²) in [5.74, 6) is 0. The molecule has 42 valence electrons. The standard InChI is InChI=1S/C3H6F.2CH3.In/c1-2-3-4;;;/h1-3H2;2*1H3;. The quantitative estimate of drug-likeness (QED) is 0.663. The average molecular weight is 206 g/mol. The van der Waals surface area contributed by atoms with Gasteiger partial charge in [0, 0.05) is 0 Å². The van der Waals surface area contributed by atoms with Crippen molar-refractivity contribution in [3.05, 3.63) is 0 Å². The van der Waals surface area contributed by atoms with Crippen LogP contribution >= 0.6 is 0 Å².